The van der Waals surface area contributed by atoms with Crippen molar-refractivity contribution in [1.82, 2.24) is 5.32 Å². The summed E-state index contributed by atoms with van der Waals surface area (Å²) in [6, 6.07) is 11.1. The lowest BCUT2D eigenvalue weighted by molar-refractivity contribution is 0.0925. The van der Waals surface area contributed by atoms with Crippen LogP contribution in [0, 0.1) is 5.82 Å². The van der Waals surface area contributed by atoms with Crippen LogP contribution in [-0.4, -0.2) is 18.0 Å². The second-order valence-electron chi connectivity index (χ2n) is 6.29. The summed E-state index contributed by atoms with van der Waals surface area (Å²) in [5, 5.41) is 3.51. The Balaban J connectivity index is 1.64. The van der Waals surface area contributed by atoms with Crippen LogP contribution in [0.4, 0.5) is 4.39 Å². The van der Waals surface area contributed by atoms with E-state index in [-0.39, 0.29) is 29.3 Å². The van der Waals surface area contributed by atoms with E-state index in [9.17, 15) is 9.18 Å². The summed E-state index contributed by atoms with van der Waals surface area (Å²) in [5.41, 5.74) is 6.14. The molecule has 1 aliphatic rings. The number of carbonyl (C=O) groups excluding carboxylic acids is 1. The zero-order valence-corrected chi connectivity index (χ0v) is 14.4. The molecule has 0 aromatic heterocycles. The smallest absolute Gasteiger partial charge is 0.251 e. The first-order valence-corrected chi connectivity index (χ1v) is 8.68. The molecule has 0 unspecified atom stereocenters. The minimum absolute atomic E-state index is 0.0579. The molecule has 0 heterocycles. The van der Waals surface area contributed by atoms with Gasteiger partial charge in [-0.25, -0.2) is 4.39 Å². The standard InChI is InChI=1S/C19H20ClFN2O2/c20-13-2-8-16(9-3-13)25-18-10-1-12(11-17(18)21)19(24)23-15-6-4-14(22)5-7-15/h1-3,8-11,14-15H,4-7,22H2,(H,23,24). The topological polar surface area (TPSA) is 64.3 Å². The summed E-state index contributed by atoms with van der Waals surface area (Å²) in [6.45, 7) is 0. The number of benzene rings is 2. The van der Waals surface area contributed by atoms with Gasteiger partial charge in [0.25, 0.3) is 5.91 Å². The molecule has 4 nitrogen and oxygen atoms in total. The Morgan fingerprint density at radius 3 is 2.44 bits per heavy atom. The lowest BCUT2D eigenvalue weighted by atomic mass is 9.91. The van der Waals surface area contributed by atoms with Crippen LogP contribution in [-0.2, 0) is 0 Å². The van der Waals surface area contributed by atoms with Gasteiger partial charge in [-0.2, -0.15) is 0 Å². The quantitative estimate of drug-likeness (QED) is 0.853. The fourth-order valence-electron chi connectivity index (χ4n) is 2.89. The second kappa shape index (κ2) is 7.85. The van der Waals surface area contributed by atoms with E-state index in [1.165, 1.54) is 12.1 Å². The van der Waals surface area contributed by atoms with Gasteiger partial charge in [0.2, 0.25) is 0 Å². The fraction of sp³-hybridized carbons (Fsp3) is 0.316. The average Bonchev–Trinajstić information content (AvgIpc) is 2.60. The minimum atomic E-state index is -0.590. The Hall–Kier alpha value is -2.11. The van der Waals surface area contributed by atoms with Gasteiger partial charge in [-0.3, -0.25) is 4.79 Å². The molecule has 1 saturated carbocycles. The Kier molecular flexibility index (Phi) is 5.56. The number of carbonyl (C=O) groups is 1. The first-order valence-electron chi connectivity index (χ1n) is 8.30. The molecule has 0 aliphatic heterocycles. The van der Waals surface area contributed by atoms with E-state index in [1.807, 2.05) is 0 Å². The molecular formula is C19H20ClFN2O2. The van der Waals surface area contributed by atoms with Gasteiger partial charge in [0.1, 0.15) is 5.75 Å². The van der Waals surface area contributed by atoms with Crippen molar-refractivity contribution < 1.29 is 13.9 Å². The third-order valence-electron chi connectivity index (χ3n) is 4.34. The molecule has 0 spiro atoms. The third-order valence-corrected chi connectivity index (χ3v) is 4.59. The lowest BCUT2D eigenvalue weighted by Gasteiger charge is -2.26. The van der Waals surface area contributed by atoms with E-state index >= 15 is 0 Å². The highest BCUT2D eigenvalue weighted by Gasteiger charge is 2.21. The largest absolute Gasteiger partial charge is 0.454 e. The van der Waals surface area contributed by atoms with Gasteiger partial charge in [0.05, 0.1) is 0 Å². The van der Waals surface area contributed by atoms with E-state index in [2.05, 4.69) is 5.32 Å². The monoisotopic (exact) mass is 362 g/mol. The molecule has 0 saturated heterocycles. The van der Waals surface area contributed by atoms with Gasteiger partial charge in [0, 0.05) is 22.7 Å². The SMILES string of the molecule is NC1CCC(NC(=O)c2ccc(Oc3ccc(Cl)cc3)c(F)c2)CC1. The number of nitrogens with one attached hydrogen (secondary N) is 1. The predicted octanol–water partition coefficient (Wildman–Crippen LogP) is 4.27. The van der Waals surface area contributed by atoms with Crippen molar-refractivity contribution >= 4 is 17.5 Å². The van der Waals surface area contributed by atoms with Gasteiger partial charge in [-0.05, 0) is 68.1 Å². The van der Waals surface area contributed by atoms with Crippen LogP contribution < -0.4 is 15.8 Å². The van der Waals surface area contributed by atoms with E-state index < -0.39 is 5.82 Å². The molecule has 3 rings (SSSR count). The fourth-order valence-corrected chi connectivity index (χ4v) is 3.01. The van der Waals surface area contributed by atoms with Crippen LogP contribution in [0.1, 0.15) is 36.0 Å². The number of hydrogen-bond donors (Lipinski definition) is 2. The van der Waals surface area contributed by atoms with Crippen molar-refractivity contribution in [1.29, 1.82) is 0 Å². The third kappa shape index (κ3) is 4.71. The Labute approximate surface area is 151 Å². The average molecular weight is 363 g/mol. The van der Waals surface area contributed by atoms with Crippen molar-refractivity contribution in [2.24, 2.45) is 5.73 Å². The molecule has 132 valence electrons. The molecule has 2 aromatic rings. The summed E-state index contributed by atoms with van der Waals surface area (Å²) < 4.78 is 19.7. The summed E-state index contributed by atoms with van der Waals surface area (Å²) >= 11 is 5.81. The van der Waals surface area contributed by atoms with Crippen molar-refractivity contribution in [3.05, 3.63) is 58.9 Å². The number of nitrogens with two attached hydrogens (primary N) is 1. The van der Waals surface area contributed by atoms with E-state index in [0.717, 1.165) is 25.7 Å². The maximum absolute atomic E-state index is 14.3. The molecule has 1 aliphatic carbocycles. The van der Waals surface area contributed by atoms with Crippen LogP contribution >= 0.6 is 11.6 Å². The summed E-state index contributed by atoms with van der Waals surface area (Å²) in [4.78, 5) is 12.3. The number of hydrogen-bond acceptors (Lipinski definition) is 3. The molecule has 2 aromatic carbocycles. The van der Waals surface area contributed by atoms with Crippen molar-refractivity contribution in [3.8, 4) is 11.5 Å². The van der Waals surface area contributed by atoms with Crippen LogP contribution in [0.2, 0.25) is 5.02 Å². The van der Waals surface area contributed by atoms with Crippen molar-refractivity contribution in [2.75, 3.05) is 0 Å². The highest BCUT2D eigenvalue weighted by atomic mass is 35.5. The van der Waals surface area contributed by atoms with Crippen LogP contribution in [0.25, 0.3) is 0 Å². The zero-order valence-electron chi connectivity index (χ0n) is 13.7. The zero-order chi connectivity index (χ0) is 17.8. The molecule has 25 heavy (non-hydrogen) atoms. The van der Waals surface area contributed by atoms with Gasteiger partial charge in [-0.15, -0.1) is 0 Å². The normalized spacial score (nSPS) is 20.1. The summed E-state index contributed by atoms with van der Waals surface area (Å²) in [6.07, 6.45) is 3.50. The number of ether oxygens (including phenoxy) is 1. The van der Waals surface area contributed by atoms with E-state index in [1.54, 1.807) is 30.3 Å². The maximum atomic E-state index is 14.3. The van der Waals surface area contributed by atoms with Gasteiger partial charge < -0.3 is 15.8 Å². The molecule has 0 radical (unpaired) electrons. The molecule has 0 atom stereocenters. The Morgan fingerprint density at radius 1 is 1.12 bits per heavy atom. The second-order valence-corrected chi connectivity index (χ2v) is 6.72. The van der Waals surface area contributed by atoms with Crippen LogP contribution in [0.15, 0.2) is 42.5 Å². The molecule has 1 amide bonds. The first kappa shape index (κ1) is 17.7. The molecule has 1 fully saturated rings. The predicted molar refractivity (Wildman–Crippen MR) is 95.6 cm³/mol. The van der Waals surface area contributed by atoms with E-state index in [0.29, 0.717) is 10.8 Å². The molecular weight excluding hydrogens is 343 g/mol. The van der Waals surface area contributed by atoms with Gasteiger partial charge >= 0.3 is 0 Å². The van der Waals surface area contributed by atoms with Crippen molar-refractivity contribution in [2.45, 2.75) is 37.8 Å². The van der Waals surface area contributed by atoms with Crippen LogP contribution in [0.3, 0.4) is 0 Å². The first-order chi connectivity index (χ1) is 12.0. The Bertz CT molecular complexity index is 744. The van der Waals surface area contributed by atoms with Crippen LogP contribution in [0.5, 0.6) is 11.5 Å². The van der Waals surface area contributed by atoms with Gasteiger partial charge in [0.15, 0.2) is 11.6 Å². The molecule has 0 bridgehead atoms. The Morgan fingerprint density at radius 2 is 1.80 bits per heavy atom. The number of rotatable bonds is 4. The maximum Gasteiger partial charge on any atom is 0.251 e. The number of halogens is 2. The van der Waals surface area contributed by atoms with Gasteiger partial charge in [-0.1, -0.05) is 11.6 Å². The van der Waals surface area contributed by atoms with E-state index in [4.69, 9.17) is 22.1 Å². The highest BCUT2D eigenvalue weighted by Crippen LogP contribution is 2.26. The summed E-state index contributed by atoms with van der Waals surface area (Å²) in [7, 11) is 0. The molecule has 6 heteroatoms. The number of amides is 1. The van der Waals surface area contributed by atoms with Crippen molar-refractivity contribution in [3.63, 3.8) is 0 Å². The highest BCUT2D eigenvalue weighted by molar-refractivity contribution is 6.30. The molecule has 3 N–H and O–H groups in total. The summed E-state index contributed by atoms with van der Waals surface area (Å²) in [5.74, 6) is -0.341. The minimum Gasteiger partial charge on any atom is -0.454 e. The lowest BCUT2D eigenvalue weighted by Crippen LogP contribution is -2.40.